The van der Waals surface area contributed by atoms with Crippen LogP contribution in [0.3, 0.4) is 0 Å². The van der Waals surface area contributed by atoms with Crippen LogP contribution in [-0.2, 0) is 7.05 Å². The van der Waals surface area contributed by atoms with Crippen LogP contribution >= 0.6 is 0 Å². The summed E-state index contributed by atoms with van der Waals surface area (Å²) in [4.78, 5) is 6.60. The molecule has 1 aliphatic rings. The van der Waals surface area contributed by atoms with Crippen LogP contribution in [0, 0.1) is 0 Å². The molecule has 15 heavy (non-hydrogen) atoms. The van der Waals surface area contributed by atoms with Gasteiger partial charge in [-0.05, 0) is 12.8 Å². The molecule has 1 heterocycles. The van der Waals surface area contributed by atoms with Crippen molar-refractivity contribution in [3.8, 4) is 0 Å². The highest BCUT2D eigenvalue weighted by Gasteiger charge is 2.24. The molecule has 0 bridgehead atoms. The van der Waals surface area contributed by atoms with Gasteiger partial charge < -0.3 is 14.6 Å². The highest BCUT2D eigenvalue weighted by atomic mass is 16.3. The van der Waals surface area contributed by atoms with E-state index < -0.39 is 0 Å². The first kappa shape index (κ1) is 10.5. The van der Waals surface area contributed by atoms with Crippen molar-refractivity contribution in [2.24, 2.45) is 7.05 Å². The van der Waals surface area contributed by atoms with Gasteiger partial charge in [-0.15, -0.1) is 0 Å². The minimum Gasteiger partial charge on any atom is -0.395 e. The molecule has 0 aliphatic heterocycles. The lowest BCUT2D eigenvalue weighted by Gasteiger charge is -2.29. The fourth-order valence-electron chi connectivity index (χ4n) is 2.40. The Bertz CT molecular complexity index is 305. The SMILES string of the molecule is Cn1ccnc1N(CCO)C1CCCC1. The second kappa shape index (κ2) is 4.66. The predicted molar refractivity (Wildman–Crippen MR) is 59.9 cm³/mol. The molecular weight excluding hydrogens is 190 g/mol. The first-order chi connectivity index (χ1) is 7.33. The highest BCUT2D eigenvalue weighted by Crippen LogP contribution is 2.26. The third kappa shape index (κ3) is 2.15. The fraction of sp³-hybridized carbons (Fsp3) is 0.727. The third-order valence-corrected chi connectivity index (χ3v) is 3.16. The number of aliphatic hydroxyl groups is 1. The van der Waals surface area contributed by atoms with Gasteiger partial charge in [-0.1, -0.05) is 12.8 Å². The predicted octanol–water partition coefficient (Wildman–Crippen LogP) is 1.16. The molecule has 0 saturated heterocycles. The van der Waals surface area contributed by atoms with E-state index in [1.54, 1.807) is 0 Å². The average Bonchev–Trinajstić information content (AvgIpc) is 2.85. The molecule has 2 rings (SSSR count). The van der Waals surface area contributed by atoms with E-state index in [4.69, 9.17) is 5.11 Å². The van der Waals surface area contributed by atoms with Crippen molar-refractivity contribution in [1.29, 1.82) is 0 Å². The molecule has 1 N–H and O–H groups in total. The number of nitrogens with zero attached hydrogens (tertiary/aromatic N) is 3. The molecule has 0 amide bonds. The normalized spacial score (nSPS) is 17.2. The number of rotatable bonds is 4. The van der Waals surface area contributed by atoms with Gasteiger partial charge in [0.05, 0.1) is 6.61 Å². The molecule has 4 heteroatoms. The number of aliphatic hydroxyl groups excluding tert-OH is 1. The van der Waals surface area contributed by atoms with E-state index >= 15 is 0 Å². The maximum absolute atomic E-state index is 9.11. The molecule has 0 aromatic carbocycles. The minimum absolute atomic E-state index is 0.198. The number of aryl methyl sites for hydroxylation is 1. The molecule has 84 valence electrons. The summed E-state index contributed by atoms with van der Waals surface area (Å²) in [6.07, 6.45) is 8.83. The Labute approximate surface area is 90.5 Å². The summed E-state index contributed by atoms with van der Waals surface area (Å²) in [6, 6.07) is 0.568. The van der Waals surface area contributed by atoms with Crippen LogP contribution in [0.1, 0.15) is 25.7 Å². The van der Waals surface area contributed by atoms with E-state index in [9.17, 15) is 0 Å². The summed E-state index contributed by atoms with van der Waals surface area (Å²) in [5, 5.41) is 9.11. The van der Waals surface area contributed by atoms with Crippen molar-refractivity contribution in [1.82, 2.24) is 9.55 Å². The molecule has 1 aromatic rings. The topological polar surface area (TPSA) is 41.3 Å². The third-order valence-electron chi connectivity index (χ3n) is 3.16. The standard InChI is InChI=1S/C11H19N3O/c1-13-7-6-12-11(13)14(8-9-15)10-4-2-3-5-10/h6-7,10,15H,2-5,8-9H2,1H3. The molecule has 1 aliphatic carbocycles. The van der Waals surface area contributed by atoms with Crippen LogP contribution in [0.5, 0.6) is 0 Å². The Morgan fingerprint density at radius 3 is 2.80 bits per heavy atom. The molecule has 1 saturated carbocycles. The number of aromatic nitrogens is 2. The monoisotopic (exact) mass is 209 g/mol. The van der Waals surface area contributed by atoms with Crippen LogP contribution in [0.4, 0.5) is 5.95 Å². The average molecular weight is 209 g/mol. The Kier molecular flexibility index (Phi) is 3.26. The van der Waals surface area contributed by atoms with Gasteiger partial charge in [-0.25, -0.2) is 4.98 Å². The first-order valence-electron chi connectivity index (χ1n) is 5.67. The zero-order valence-electron chi connectivity index (χ0n) is 9.26. The molecule has 0 atom stereocenters. The van der Waals surface area contributed by atoms with Gasteiger partial charge in [0.1, 0.15) is 0 Å². The summed E-state index contributed by atoms with van der Waals surface area (Å²) in [6.45, 7) is 0.888. The summed E-state index contributed by atoms with van der Waals surface area (Å²) in [5.74, 6) is 0.982. The lowest BCUT2D eigenvalue weighted by Crippen LogP contribution is -2.37. The number of anilines is 1. The fourth-order valence-corrected chi connectivity index (χ4v) is 2.40. The Morgan fingerprint density at radius 2 is 2.27 bits per heavy atom. The van der Waals surface area contributed by atoms with E-state index in [2.05, 4.69) is 9.88 Å². The zero-order valence-corrected chi connectivity index (χ0v) is 9.26. The number of hydrogen-bond acceptors (Lipinski definition) is 3. The van der Waals surface area contributed by atoms with Gasteiger partial charge in [0, 0.05) is 32.0 Å². The van der Waals surface area contributed by atoms with Gasteiger partial charge >= 0.3 is 0 Å². The van der Waals surface area contributed by atoms with Crippen LogP contribution in [0.2, 0.25) is 0 Å². The summed E-state index contributed by atoms with van der Waals surface area (Å²) < 4.78 is 2.02. The molecule has 4 nitrogen and oxygen atoms in total. The van der Waals surface area contributed by atoms with E-state index in [1.165, 1.54) is 25.7 Å². The Hall–Kier alpha value is -1.03. The molecule has 0 unspecified atom stereocenters. The quantitative estimate of drug-likeness (QED) is 0.809. The number of imidazole rings is 1. The lowest BCUT2D eigenvalue weighted by atomic mass is 10.2. The smallest absolute Gasteiger partial charge is 0.205 e. The second-order valence-electron chi connectivity index (χ2n) is 4.19. The molecule has 1 fully saturated rings. The Morgan fingerprint density at radius 1 is 1.53 bits per heavy atom. The summed E-state index contributed by atoms with van der Waals surface area (Å²) in [5.41, 5.74) is 0. The highest BCUT2D eigenvalue weighted by molar-refractivity contribution is 5.33. The minimum atomic E-state index is 0.198. The molecule has 0 radical (unpaired) electrons. The van der Waals surface area contributed by atoms with Gasteiger partial charge in [-0.2, -0.15) is 0 Å². The zero-order chi connectivity index (χ0) is 10.7. The molecular formula is C11H19N3O. The van der Waals surface area contributed by atoms with Gasteiger partial charge in [-0.3, -0.25) is 0 Å². The van der Waals surface area contributed by atoms with Crippen molar-refractivity contribution in [3.63, 3.8) is 0 Å². The lowest BCUT2D eigenvalue weighted by molar-refractivity contribution is 0.296. The molecule has 0 spiro atoms. The van der Waals surface area contributed by atoms with Crippen molar-refractivity contribution in [3.05, 3.63) is 12.4 Å². The van der Waals surface area contributed by atoms with Crippen LogP contribution in [0.25, 0.3) is 0 Å². The van der Waals surface area contributed by atoms with E-state index in [0.717, 1.165) is 5.95 Å². The Balaban J connectivity index is 2.15. The van der Waals surface area contributed by atoms with E-state index in [1.807, 2.05) is 24.0 Å². The van der Waals surface area contributed by atoms with Crippen molar-refractivity contribution in [2.45, 2.75) is 31.7 Å². The van der Waals surface area contributed by atoms with Crippen molar-refractivity contribution < 1.29 is 5.11 Å². The number of hydrogen-bond donors (Lipinski definition) is 1. The van der Waals surface area contributed by atoms with Crippen LogP contribution < -0.4 is 4.90 Å². The van der Waals surface area contributed by atoms with Gasteiger partial charge in [0.25, 0.3) is 0 Å². The van der Waals surface area contributed by atoms with Gasteiger partial charge in [0.2, 0.25) is 5.95 Å². The maximum Gasteiger partial charge on any atom is 0.205 e. The molecule has 1 aromatic heterocycles. The summed E-state index contributed by atoms with van der Waals surface area (Å²) >= 11 is 0. The second-order valence-corrected chi connectivity index (χ2v) is 4.19. The first-order valence-corrected chi connectivity index (χ1v) is 5.67. The van der Waals surface area contributed by atoms with E-state index in [-0.39, 0.29) is 6.61 Å². The largest absolute Gasteiger partial charge is 0.395 e. The summed E-state index contributed by atoms with van der Waals surface area (Å²) in [7, 11) is 2.00. The van der Waals surface area contributed by atoms with Gasteiger partial charge in [0.15, 0.2) is 0 Å². The maximum atomic E-state index is 9.11. The van der Waals surface area contributed by atoms with Crippen LogP contribution in [0.15, 0.2) is 12.4 Å². The van der Waals surface area contributed by atoms with Crippen molar-refractivity contribution in [2.75, 3.05) is 18.1 Å². The van der Waals surface area contributed by atoms with Crippen LogP contribution in [-0.4, -0.2) is 33.9 Å². The van der Waals surface area contributed by atoms with E-state index in [0.29, 0.717) is 12.6 Å². The van der Waals surface area contributed by atoms with Crippen molar-refractivity contribution >= 4 is 5.95 Å².